The quantitative estimate of drug-likeness (QED) is 0.342. The summed E-state index contributed by atoms with van der Waals surface area (Å²) in [7, 11) is 0. The maximum atomic E-state index is 13.0. The van der Waals surface area contributed by atoms with Gasteiger partial charge in [0.25, 0.3) is 11.6 Å². The SMILES string of the molecule is CCO/C(=C1/C(=O)N(C(C)=O)c2cc(Cl)c([N+](=O)[O-])cc21)c1ccccc1. The average molecular weight is 387 g/mol. The van der Waals surface area contributed by atoms with E-state index in [1.807, 2.05) is 6.07 Å². The lowest BCUT2D eigenvalue weighted by Gasteiger charge is -2.13. The number of fused-ring (bicyclic) bond motifs is 1. The van der Waals surface area contributed by atoms with Crippen molar-refractivity contribution in [2.45, 2.75) is 13.8 Å². The molecular formula is C19H15ClN2O5. The molecule has 1 aliphatic rings. The van der Waals surface area contributed by atoms with Gasteiger partial charge >= 0.3 is 0 Å². The molecule has 3 rings (SSSR count). The van der Waals surface area contributed by atoms with Crippen molar-refractivity contribution in [3.63, 3.8) is 0 Å². The molecule has 0 spiro atoms. The van der Waals surface area contributed by atoms with Crippen molar-refractivity contribution in [1.29, 1.82) is 0 Å². The van der Waals surface area contributed by atoms with Crippen LogP contribution in [0, 0.1) is 10.1 Å². The topological polar surface area (TPSA) is 89.8 Å². The van der Waals surface area contributed by atoms with E-state index in [2.05, 4.69) is 0 Å². The van der Waals surface area contributed by atoms with Gasteiger partial charge in [-0.15, -0.1) is 0 Å². The Morgan fingerprint density at radius 3 is 2.48 bits per heavy atom. The van der Waals surface area contributed by atoms with Gasteiger partial charge in [0.2, 0.25) is 5.91 Å². The van der Waals surface area contributed by atoms with Crippen LogP contribution in [0.5, 0.6) is 0 Å². The van der Waals surface area contributed by atoms with Crippen LogP contribution in [0.4, 0.5) is 11.4 Å². The van der Waals surface area contributed by atoms with E-state index in [1.54, 1.807) is 31.2 Å². The van der Waals surface area contributed by atoms with Crippen LogP contribution in [-0.4, -0.2) is 23.3 Å². The van der Waals surface area contributed by atoms with Gasteiger partial charge < -0.3 is 4.74 Å². The summed E-state index contributed by atoms with van der Waals surface area (Å²) < 4.78 is 5.72. The minimum atomic E-state index is -0.635. The molecule has 7 nitrogen and oxygen atoms in total. The average Bonchev–Trinajstić information content (AvgIpc) is 2.90. The number of halogens is 1. The van der Waals surface area contributed by atoms with E-state index in [0.29, 0.717) is 5.56 Å². The molecule has 0 saturated heterocycles. The standard InChI is InChI=1S/C19H15ClN2O5/c1-3-27-18(12-7-5-4-6-8-12)17-13-9-16(22(25)26)14(20)10-15(13)21(11(2)23)19(17)24/h4-10H,3H2,1-2H3/b18-17+. The smallest absolute Gasteiger partial charge is 0.288 e. The first-order valence-corrected chi connectivity index (χ1v) is 8.50. The zero-order valence-corrected chi connectivity index (χ0v) is 15.3. The van der Waals surface area contributed by atoms with Crippen LogP contribution in [-0.2, 0) is 14.3 Å². The van der Waals surface area contributed by atoms with Crippen LogP contribution in [0.2, 0.25) is 5.02 Å². The summed E-state index contributed by atoms with van der Waals surface area (Å²) in [5.41, 5.74) is 0.796. The number of carbonyl (C=O) groups excluding carboxylic acids is 2. The van der Waals surface area contributed by atoms with Crippen molar-refractivity contribution in [2.24, 2.45) is 0 Å². The lowest BCUT2D eigenvalue weighted by molar-refractivity contribution is -0.384. The first kappa shape index (κ1) is 18.6. The molecule has 0 fully saturated rings. The van der Waals surface area contributed by atoms with Crippen LogP contribution in [0.15, 0.2) is 42.5 Å². The fourth-order valence-corrected chi connectivity index (χ4v) is 3.21. The Hall–Kier alpha value is -3.19. The third kappa shape index (κ3) is 3.17. The summed E-state index contributed by atoms with van der Waals surface area (Å²) in [5, 5.41) is 11.1. The lowest BCUT2D eigenvalue weighted by atomic mass is 10.0. The maximum absolute atomic E-state index is 13.0. The minimum Gasteiger partial charge on any atom is -0.492 e. The lowest BCUT2D eigenvalue weighted by Crippen LogP contribution is -2.31. The van der Waals surface area contributed by atoms with Crippen molar-refractivity contribution in [2.75, 3.05) is 11.5 Å². The Labute approximate surface area is 160 Å². The number of nitro benzene ring substituents is 1. The molecule has 0 saturated carbocycles. The van der Waals surface area contributed by atoms with Crippen molar-refractivity contribution in [1.82, 2.24) is 0 Å². The number of amides is 2. The number of anilines is 1. The molecule has 0 unspecified atom stereocenters. The molecule has 0 aromatic heterocycles. The molecule has 138 valence electrons. The Morgan fingerprint density at radius 2 is 1.93 bits per heavy atom. The summed E-state index contributed by atoms with van der Waals surface area (Å²) in [5.74, 6) is -0.879. The first-order chi connectivity index (χ1) is 12.9. The van der Waals surface area contributed by atoms with Gasteiger partial charge in [-0.25, -0.2) is 4.90 Å². The Bertz CT molecular complexity index is 985. The van der Waals surface area contributed by atoms with Crippen LogP contribution >= 0.6 is 11.6 Å². The highest BCUT2D eigenvalue weighted by molar-refractivity contribution is 6.44. The fraction of sp³-hybridized carbons (Fsp3) is 0.158. The second-order valence-corrected chi connectivity index (χ2v) is 6.15. The third-order valence-electron chi connectivity index (χ3n) is 4.06. The molecule has 2 amide bonds. The molecule has 0 radical (unpaired) electrons. The van der Waals surface area contributed by atoms with E-state index in [4.69, 9.17) is 16.3 Å². The zero-order valence-electron chi connectivity index (χ0n) is 14.6. The van der Waals surface area contributed by atoms with Gasteiger partial charge in [-0.1, -0.05) is 41.9 Å². The fourth-order valence-electron chi connectivity index (χ4n) is 2.98. The number of carbonyl (C=O) groups is 2. The highest BCUT2D eigenvalue weighted by Crippen LogP contribution is 2.45. The number of nitro groups is 1. The van der Waals surface area contributed by atoms with E-state index in [1.165, 1.54) is 19.1 Å². The number of imide groups is 1. The number of nitrogens with zero attached hydrogens (tertiary/aromatic N) is 2. The van der Waals surface area contributed by atoms with Gasteiger partial charge in [0, 0.05) is 24.1 Å². The summed E-state index contributed by atoms with van der Waals surface area (Å²) >= 11 is 5.99. The molecule has 0 atom stereocenters. The molecule has 8 heteroatoms. The number of hydrogen-bond donors (Lipinski definition) is 0. The zero-order chi connectivity index (χ0) is 19.7. The molecule has 27 heavy (non-hydrogen) atoms. The second kappa shape index (κ2) is 7.20. The molecule has 1 heterocycles. The van der Waals surface area contributed by atoms with Gasteiger partial charge in [-0.2, -0.15) is 0 Å². The molecule has 0 N–H and O–H groups in total. The predicted octanol–water partition coefficient (Wildman–Crippen LogP) is 4.05. The highest BCUT2D eigenvalue weighted by atomic mass is 35.5. The number of ether oxygens (including phenoxy) is 1. The number of rotatable bonds is 4. The number of benzene rings is 2. The maximum Gasteiger partial charge on any atom is 0.288 e. The summed E-state index contributed by atoms with van der Waals surface area (Å²) in [6.07, 6.45) is 0. The normalized spacial score (nSPS) is 14.8. The van der Waals surface area contributed by atoms with E-state index in [0.717, 1.165) is 4.90 Å². The largest absolute Gasteiger partial charge is 0.492 e. The van der Waals surface area contributed by atoms with Crippen molar-refractivity contribution < 1.29 is 19.2 Å². The first-order valence-electron chi connectivity index (χ1n) is 8.12. The van der Waals surface area contributed by atoms with Gasteiger partial charge in [-0.05, 0) is 13.0 Å². The molecule has 0 aliphatic carbocycles. The third-order valence-corrected chi connectivity index (χ3v) is 4.36. The van der Waals surface area contributed by atoms with Crippen molar-refractivity contribution in [3.8, 4) is 0 Å². The van der Waals surface area contributed by atoms with Gasteiger partial charge in [0.05, 0.1) is 22.8 Å². The summed E-state index contributed by atoms with van der Waals surface area (Å²) in [6, 6.07) is 11.3. The van der Waals surface area contributed by atoms with Crippen molar-refractivity contribution in [3.05, 3.63) is 68.7 Å². The molecule has 1 aliphatic heterocycles. The Morgan fingerprint density at radius 1 is 1.26 bits per heavy atom. The van der Waals surface area contributed by atoms with Crippen LogP contribution in [0.3, 0.4) is 0 Å². The van der Waals surface area contributed by atoms with Crippen LogP contribution in [0.1, 0.15) is 25.0 Å². The molecule has 2 aromatic carbocycles. The van der Waals surface area contributed by atoms with Gasteiger partial charge in [0.1, 0.15) is 10.8 Å². The summed E-state index contributed by atoms with van der Waals surface area (Å²) in [4.78, 5) is 36.7. The van der Waals surface area contributed by atoms with Gasteiger partial charge in [-0.3, -0.25) is 19.7 Å². The van der Waals surface area contributed by atoms with E-state index in [9.17, 15) is 19.7 Å². The monoisotopic (exact) mass is 386 g/mol. The number of hydrogen-bond acceptors (Lipinski definition) is 5. The van der Waals surface area contributed by atoms with E-state index in [-0.39, 0.29) is 39.9 Å². The van der Waals surface area contributed by atoms with E-state index >= 15 is 0 Å². The minimum absolute atomic E-state index is 0.0908. The van der Waals surface area contributed by atoms with E-state index < -0.39 is 16.7 Å². The molecule has 0 bridgehead atoms. The second-order valence-electron chi connectivity index (χ2n) is 5.74. The highest BCUT2D eigenvalue weighted by Gasteiger charge is 2.40. The van der Waals surface area contributed by atoms with Crippen molar-refractivity contribution >= 4 is 46.1 Å². The Balaban J connectivity index is 2.37. The van der Waals surface area contributed by atoms with Crippen LogP contribution in [0.25, 0.3) is 11.3 Å². The van der Waals surface area contributed by atoms with Gasteiger partial charge in [0.15, 0.2) is 0 Å². The molecule has 2 aromatic rings. The Kier molecular flexibility index (Phi) is 4.96. The van der Waals surface area contributed by atoms with Crippen LogP contribution < -0.4 is 4.90 Å². The predicted molar refractivity (Wildman–Crippen MR) is 101 cm³/mol. The summed E-state index contributed by atoms with van der Waals surface area (Å²) in [6.45, 7) is 3.27. The molecular weight excluding hydrogens is 372 g/mol.